The first-order valence-corrected chi connectivity index (χ1v) is 9.58. The van der Waals surface area contributed by atoms with Crippen molar-refractivity contribution in [2.75, 3.05) is 12.0 Å². The van der Waals surface area contributed by atoms with Crippen molar-refractivity contribution in [1.29, 1.82) is 0 Å². The van der Waals surface area contributed by atoms with Gasteiger partial charge in [0, 0.05) is 15.6 Å². The first-order valence-electron chi connectivity index (χ1n) is 8.38. The molecule has 0 aliphatic carbocycles. The number of carbonyl (C=O) groups excluding carboxylic acids is 1. The average molecular weight is 449 g/mol. The highest BCUT2D eigenvalue weighted by molar-refractivity contribution is 9.10. The molecule has 140 valence electrons. The van der Waals surface area contributed by atoms with Crippen molar-refractivity contribution in [3.8, 4) is 0 Å². The fourth-order valence-electron chi connectivity index (χ4n) is 3.09. The maximum Gasteiger partial charge on any atom is 0.328 e. The molecular formula is C20H18BrFN2O2S. The molecule has 2 atom stereocenters. The van der Waals surface area contributed by atoms with E-state index in [4.69, 9.17) is 21.9 Å². The van der Waals surface area contributed by atoms with Crippen LogP contribution in [0.15, 0.2) is 51.9 Å². The van der Waals surface area contributed by atoms with Crippen LogP contribution in [0, 0.1) is 5.82 Å². The van der Waals surface area contributed by atoms with Crippen molar-refractivity contribution >= 4 is 50.5 Å². The number of rotatable bonds is 3. The average Bonchev–Trinajstić information content (AvgIpc) is 2.76. The number of aliphatic imine (C=N–C) groups is 1. The number of benzodiazepines with no additional fused rings is 1. The number of fused-ring (bicyclic) bond motifs is 1. The van der Waals surface area contributed by atoms with Crippen LogP contribution in [0.5, 0.6) is 0 Å². The summed E-state index contributed by atoms with van der Waals surface area (Å²) < 4.78 is 20.3. The Kier molecular flexibility index (Phi) is 5.72. The molecule has 3 rings (SSSR count). The normalized spacial score (nSPS) is 17.7. The monoisotopic (exact) mass is 448 g/mol. The summed E-state index contributed by atoms with van der Waals surface area (Å²) in [5.41, 5.74) is 2.27. The predicted octanol–water partition coefficient (Wildman–Crippen LogP) is 4.52. The topological polar surface area (TPSA) is 41.9 Å². The van der Waals surface area contributed by atoms with E-state index in [0.29, 0.717) is 27.5 Å². The van der Waals surface area contributed by atoms with E-state index in [-0.39, 0.29) is 5.82 Å². The molecular weight excluding hydrogens is 431 g/mol. The number of nitrogens with zero attached hydrogens (tertiary/aromatic N) is 2. The van der Waals surface area contributed by atoms with Crippen molar-refractivity contribution in [2.24, 2.45) is 4.99 Å². The van der Waals surface area contributed by atoms with Gasteiger partial charge in [-0.25, -0.2) is 9.18 Å². The third-order valence-corrected chi connectivity index (χ3v) is 5.48. The van der Waals surface area contributed by atoms with E-state index >= 15 is 0 Å². The number of anilines is 1. The van der Waals surface area contributed by atoms with Gasteiger partial charge >= 0.3 is 5.97 Å². The van der Waals surface area contributed by atoms with Gasteiger partial charge in [0.2, 0.25) is 0 Å². The van der Waals surface area contributed by atoms with Crippen LogP contribution in [0.3, 0.4) is 0 Å². The van der Waals surface area contributed by atoms with E-state index in [1.165, 1.54) is 13.2 Å². The fraction of sp³-hybridized carbons (Fsp3) is 0.250. The van der Waals surface area contributed by atoms with E-state index < -0.39 is 18.1 Å². The number of halogens is 2. The Hall–Kier alpha value is -2.12. The summed E-state index contributed by atoms with van der Waals surface area (Å²) in [6.45, 7) is 3.56. The number of esters is 1. The highest BCUT2D eigenvalue weighted by Crippen LogP contribution is 2.33. The second-order valence-corrected chi connectivity index (χ2v) is 7.54. The lowest BCUT2D eigenvalue weighted by Gasteiger charge is -2.31. The summed E-state index contributed by atoms with van der Waals surface area (Å²) in [7, 11) is 1.34. The molecule has 0 spiro atoms. The third kappa shape index (κ3) is 3.66. The lowest BCUT2D eigenvalue weighted by molar-refractivity contribution is -0.141. The molecule has 0 bridgehead atoms. The van der Waals surface area contributed by atoms with Gasteiger partial charge in [-0.2, -0.15) is 0 Å². The summed E-state index contributed by atoms with van der Waals surface area (Å²) in [5, 5.41) is 0. The van der Waals surface area contributed by atoms with Crippen LogP contribution < -0.4 is 4.90 Å². The van der Waals surface area contributed by atoms with Crippen LogP contribution >= 0.6 is 28.1 Å². The zero-order valence-corrected chi connectivity index (χ0v) is 17.5. The lowest BCUT2D eigenvalue weighted by atomic mass is 9.99. The molecule has 2 aromatic carbocycles. The predicted molar refractivity (Wildman–Crippen MR) is 112 cm³/mol. The highest BCUT2D eigenvalue weighted by atomic mass is 79.9. The first kappa shape index (κ1) is 19.6. The molecule has 0 N–H and O–H groups in total. The largest absolute Gasteiger partial charge is 0.467 e. The molecule has 2 unspecified atom stereocenters. The summed E-state index contributed by atoms with van der Waals surface area (Å²) in [6, 6.07) is 11.0. The SMILES string of the molecule is COC(=O)C(C)N1C(=S)C(C)N=C(c2ccccc2F)c2cc(Br)ccc21. The minimum Gasteiger partial charge on any atom is -0.467 e. The number of hydrogen-bond acceptors (Lipinski definition) is 4. The minimum atomic E-state index is -0.639. The van der Waals surface area contributed by atoms with E-state index in [1.54, 1.807) is 30.0 Å². The van der Waals surface area contributed by atoms with Gasteiger partial charge in [0.05, 0.1) is 24.6 Å². The van der Waals surface area contributed by atoms with Crippen LogP contribution in [-0.2, 0) is 9.53 Å². The van der Waals surface area contributed by atoms with Gasteiger partial charge in [0.25, 0.3) is 0 Å². The molecule has 7 heteroatoms. The quantitative estimate of drug-likeness (QED) is 0.511. The molecule has 0 fully saturated rings. The molecule has 0 radical (unpaired) electrons. The maximum absolute atomic E-state index is 14.6. The summed E-state index contributed by atoms with van der Waals surface area (Å²) in [4.78, 5) is 19.2. The van der Waals surface area contributed by atoms with Gasteiger partial charge in [-0.15, -0.1) is 0 Å². The molecule has 2 aromatic rings. The molecule has 0 saturated carbocycles. The lowest BCUT2D eigenvalue weighted by Crippen LogP contribution is -2.46. The summed E-state index contributed by atoms with van der Waals surface area (Å²) in [6.07, 6.45) is 0. The van der Waals surface area contributed by atoms with Crippen LogP contribution in [0.25, 0.3) is 0 Å². The van der Waals surface area contributed by atoms with Gasteiger partial charge < -0.3 is 9.64 Å². The summed E-state index contributed by atoms with van der Waals surface area (Å²) >= 11 is 9.10. The van der Waals surface area contributed by atoms with Crippen molar-refractivity contribution in [3.05, 3.63) is 63.9 Å². The molecule has 0 aromatic heterocycles. The number of benzene rings is 2. The Balaban J connectivity index is 2.27. The van der Waals surface area contributed by atoms with Crippen molar-refractivity contribution in [1.82, 2.24) is 0 Å². The highest BCUT2D eigenvalue weighted by Gasteiger charge is 2.34. The number of ether oxygens (including phenoxy) is 1. The van der Waals surface area contributed by atoms with Gasteiger partial charge in [0.15, 0.2) is 0 Å². The van der Waals surface area contributed by atoms with Crippen molar-refractivity contribution < 1.29 is 13.9 Å². The Morgan fingerprint density at radius 2 is 2.00 bits per heavy atom. The Labute approximate surface area is 171 Å². The van der Waals surface area contributed by atoms with Gasteiger partial charge in [-0.05, 0) is 44.2 Å². The molecule has 4 nitrogen and oxygen atoms in total. The zero-order chi connectivity index (χ0) is 19.7. The second kappa shape index (κ2) is 7.86. The van der Waals surface area contributed by atoms with E-state index in [9.17, 15) is 9.18 Å². The van der Waals surface area contributed by atoms with Crippen LogP contribution in [-0.4, -0.2) is 35.9 Å². The molecule has 1 aliphatic rings. The standard InChI is InChI=1S/C20H18BrFN2O2S/c1-11-19(27)24(12(2)20(25)26-3)17-9-8-13(21)10-15(17)18(23-11)14-6-4-5-7-16(14)22/h4-12H,1-3H3. The fourth-order valence-corrected chi connectivity index (χ4v) is 3.76. The second-order valence-electron chi connectivity index (χ2n) is 6.20. The van der Waals surface area contributed by atoms with E-state index in [1.807, 2.05) is 25.1 Å². The van der Waals surface area contributed by atoms with E-state index in [2.05, 4.69) is 15.9 Å². The maximum atomic E-state index is 14.6. The van der Waals surface area contributed by atoms with Gasteiger partial charge in [-0.1, -0.05) is 40.3 Å². The molecule has 0 amide bonds. The molecule has 1 heterocycles. The number of hydrogen-bond donors (Lipinski definition) is 0. The minimum absolute atomic E-state index is 0.366. The van der Waals surface area contributed by atoms with E-state index in [0.717, 1.165) is 4.47 Å². The third-order valence-electron chi connectivity index (χ3n) is 4.45. The van der Waals surface area contributed by atoms with Crippen molar-refractivity contribution in [2.45, 2.75) is 25.9 Å². The van der Waals surface area contributed by atoms with Crippen molar-refractivity contribution in [3.63, 3.8) is 0 Å². The number of carbonyl (C=O) groups is 1. The number of methoxy groups -OCH3 is 1. The first-order chi connectivity index (χ1) is 12.8. The number of thiocarbonyl (C=S) groups is 1. The van der Waals surface area contributed by atoms with Crippen LogP contribution in [0.4, 0.5) is 10.1 Å². The smallest absolute Gasteiger partial charge is 0.328 e. The van der Waals surface area contributed by atoms with Crippen LogP contribution in [0.1, 0.15) is 25.0 Å². The Morgan fingerprint density at radius 1 is 1.30 bits per heavy atom. The molecule has 27 heavy (non-hydrogen) atoms. The molecule has 0 saturated heterocycles. The van der Waals surface area contributed by atoms with Gasteiger partial charge in [-0.3, -0.25) is 4.99 Å². The zero-order valence-electron chi connectivity index (χ0n) is 15.1. The van der Waals surface area contributed by atoms with Crippen LogP contribution in [0.2, 0.25) is 0 Å². The Bertz CT molecular complexity index is 947. The Morgan fingerprint density at radius 3 is 2.67 bits per heavy atom. The summed E-state index contributed by atoms with van der Waals surface area (Å²) in [5.74, 6) is -0.775. The van der Waals surface area contributed by atoms with Gasteiger partial charge in [0.1, 0.15) is 16.8 Å². The molecule has 1 aliphatic heterocycles.